The van der Waals surface area contributed by atoms with E-state index < -0.39 is 11.6 Å². The molecule has 2 N–H and O–H groups in total. The Bertz CT molecular complexity index is 629. The van der Waals surface area contributed by atoms with E-state index in [2.05, 4.69) is 0 Å². The van der Waals surface area contributed by atoms with Crippen LogP contribution in [0.3, 0.4) is 0 Å². The standard InChI is InChI=1S/C14H12F2N2O/c1-18(9-6-7-11(15)12(16)8-9)14(19)10-4-2-3-5-13(10)17/h2-8H,17H2,1H3. The smallest absolute Gasteiger partial charge is 0.260 e. The molecule has 5 heteroatoms. The van der Waals surface area contributed by atoms with Crippen LogP contribution in [0.1, 0.15) is 10.4 Å². The molecule has 0 aliphatic heterocycles. The van der Waals surface area contributed by atoms with Crippen molar-refractivity contribution in [3.05, 3.63) is 59.7 Å². The number of nitrogens with two attached hydrogens (primary N) is 1. The highest BCUT2D eigenvalue weighted by Gasteiger charge is 2.16. The largest absolute Gasteiger partial charge is 0.398 e. The van der Waals surface area contributed by atoms with Gasteiger partial charge in [-0.1, -0.05) is 12.1 Å². The SMILES string of the molecule is CN(C(=O)c1ccccc1N)c1ccc(F)c(F)c1. The second kappa shape index (κ2) is 5.06. The molecule has 0 atom stereocenters. The van der Waals surface area contributed by atoms with Crippen molar-refractivity contribution >= 4 is 17.3 Å². The highest BCUT2D eigenvalue weighted by atomic mass is 19.2. The lowest BCUT2D eigenvalue weighted by atomic mass is 10.1. The summed E-state index contributed by atoms with van der Waals surface area (Å²) in [4.78, 5) is 13.4. The van der Waals surface area contributed by atoms with Crippen molar-refractivity contribution < 1.29 is 13.6 Å². The van der Waals surface area contributed by atoms with Crippen molar-refractivity contribution in [3.8, 4) is 0 Å². The van der Waals surface area contributed by atoms with E-state index >= 15 is 0 Å². The Hall–Kier alpha value is -2.43. The van der Waals surface area contributed by atoms with Crippen LogP contribution in [0.4, 0.5) is 20.2 Å². The fourth-order valence-corrected chi connectivity index (χ4v) is 1.68. The highest BCUT2D eigenvalue weighted by molar-refractivity contribution is 6.08. The number of halogens is 2. The lowest BCUT2D eigenvalue weighted by Gasteiger charge is -2.18. The van der Waals surface area contributed by atoms with Crippen molar-refractivity contribution in [1.29, 1.82) is 0 Å². The van der Waals surface area contributed by atoms with Gasteiger partial charge in [0.1, 0.15) is 0 Å². The normalized spacial score (nSPS) is 10.3. The molecule has 19 heavy (non-hydrogen) atoms. The minimum absolute atomic E-state index is 0.257. The Morgan fingerprint density at radius 2 is 1.79 bits per heavy atom. The maximum Gasteiger partial charge on any atom is 0.260 e. The predicted octanol–water partition coefficient (Wildman–Crippen LogP) is 2.82. The molecule has 0 heterocycles. The van der Waals surface area contributed by atoms with Crippen LogP contribution in [0.2, 0.25) is 0 Å². The third kappa shape index (κ3) is 2.54. The van der Waals surface area contributed by atoms with Gasteiger partial charge in [0, 0.05) is 24.5 Å². The third-order valence-corrected chi connectivity index (χ3v) is 2.79. The zero-order chi connectivity index (χ0) is 14.0. The summed E-state index contributed by atoms with van der Waals surface area (Å²) in [6, 6.07) is 9.84. The second-order valence-electron chi connectivity index (χ2n) is 4.05. The number of para-hydroxylation sites is 1. The van der Waals surface area contributed by atoms with Gasteiger partial charge in [-0.25, -0.2) is 8.78 Å². The summed E-state index contributed by atoms with van der Waals surface area (Å²) < 4.78 is 26.0. The average molecular weight is 262 g/mol. The number of rotatable bonds is 2. The van der Waals surface area contributed by atoms with Crippen molar-refractivity contribution in [3.63, 3.8) is 0 Å². The molecule has 0 saturated heterocycles. The van der Waals surface area contributed by atoms with E-state index in [1.165, 1.54) is 18.0 Å². The minimum Gasteiger partial charge on any atom is -0.398 e. The van der Waals surface area contributed by atoms with Gasteiger partial charge in [-0.2, -0.15) is 0 Å². The number of hydrogen-bond acceptors (Lipinski definition) is 2. The first kappa shape index (κ1) is 13.0. The van der Waals surface area contributed by atoms with Gasteiger partial charge in [0.2, 0.25) is 0 Å². The highest BCUT2D eigenvalue weighted by Crippen LogP contribution is 2.20. The predicted molar refractivity (Wildman–Crippen MR) is 69.9 cm³/mol. The van der Waals surface area contributed by atoms with E-state index in [1.807, 2.05) is 0 Å². The number of amides is 1. The zero-order valence-electron chi connectivity index (χ0n) is 10.2. The lowest BCUT2D eigenvalue weighted by Crippen LogP contribution is -2.27. The quantitative estimate of drug-likeness (QED) is 0.846. The summed E-state index contributed by atoms with van der Waals surface area (Å²) in [6.07, 6.45) is 0. The topological polar surface area (TPSA) is 46.3 Å². The van der Waals surface area contributed by atoms with Crippen LogP contribution in [-0.2, 0) is 0 Å². The summed E-state index contributed by atoms with van der Waals surface area (Å²) in [5.41, 5.74) is 6.62. The molecule has 0 radical (unpaired) electrons. The zero-order valence-corrected chi connectivity index (χ0v) is 10.2. The van der Waals surface area contributed by atoms with E-state index in [-0.39, 0.29) is 11.6 Å². The molecular weight excluding hydrogens is 250 g/mol. The van der Waals surface area contributed by atoms with E-state index in [0.29, 0.717) is 11.3 Å². The lowest BCUT2D eigenvalue weighted by molar-refractivity contribution is 0.0994. The van der Waals surface area contributed by atoms with Crippen LogP contribution in [0.25, 0.3) is 0 Å². The molecular formula is C14H12F2N2O. The minimum atomic E-state index is -1.00. The van der Waals surface area contributed by atoms with Gasteiger partial charge >= 0.3 is 0 Å². The van der Waals surface area contributed by atoms with Crippen LogP contribution >= 0.6 is 0 Å². The summed E-state index contributed by atoms with van der Waals surface area (Å²) in [7, 11) is 1.47. The van der Waals surface area contributed by atoms with Gasteiger partial charge in [-0.3, -0.25) is 4.79 Å². The summed E-state index contributed by atoms with van der Waals surface area (Å²) >= 11 is 0. The summed E-state index contributed by atoms with van der Waals surface area (Å²) in [6.45, 7) is 0. The van der Waals surface area contributed by atoms with Gasteiger partial charge in [-0.05, 0) is 24.3 Å². The number of benzene rings is 2. The first-order valence-electron chi connectivity index (χ1n) is 5.58. The molecule has 0 bridgehead atoms. The molecule has 0 unspecified atom stereocenters. The van der Waals surface area contributed by atoms with E-state index in [1.54, 1.807) is 24.3 Å². The number of carbonyl (C=O) groups is 1. The van der Waals surface area contributed by atoms with Gasteiger partial charge in [0.25, 0.3) is 5.91 Å². The van der Waals surface area contributed by atoms with Gasteiger partial charge < -0.3 is 10.6 Å². The number of hydrogen-bond donors (Lipinski definition) is 1. The molecule has 0 aromatic heterocycles. The van der Waals surface area contributed by atoms with Crippen molar-refractivity contribution in [2.75, 3.05) is 17.7 Å². The van der Waals surface area contributed by atoms with Crippen LogP contribution in [0.15, 0.2) is 42.5 Å². The molecule has 2 aromatic carbocycles. The Balaban J connectivity index is 2.34. The fraction of sp³-hybridized carbons (Fsp3) is 0.0714. The summed E-state index contributed by atoms with van der Waals surface area (Å²) in [5, 5.41) is 0. The molecule has 98 valence electrons. The molecule has 0 aliphatic carbocycles. The Morgan fingerprint density at radius 3 is 2.42 bits per heavy atom. The van der Waals surface area contributed by atoms with Crippen LogP contribution in [-0.4, -0.2) is 13.0 Å². The Labute approximate surface area is 109 Å². The van der Waals surface area contributed by atoms with Crippen LogP contribution in [0, 0.1) is 11.6 Å². The van der Waals surface area contributed by atoms with E-state index in [4.69, 9.17) is 5.73 Å². The second-order valence-corrected chi connectivity index (χ2v) is 4.05. The van der Waals surface area contributed by atoms with Crippen molar-refractivity contribution in [2.45, 2.75) is 0 Å². The average Bonchev–Trinajstić information content (AvgIpc) is 2.41. The molecule has 2 aromatic rings. The number of carbonyl (C=O) groups excluding carboxylic acids is 1. The maximum absolute atomic E-state index is 13.1. The van der Waals surface area contributed by atoms with Gasteiger partial charge in [0.15, 0.2) is 11.6 Å². The number of nitrogens with zero attached hydrogens (tertiary/aromatic N) is 1. The van der Waals surface area contributed by atoms with Crippen LogP contribution < -0.4 is 10.6 Å². The van der Waals surface area contributed by atoms with Gasteiger partial charge in [0.05, 0.1) is 5.56 Å². The van der Waals surface area contributed by atoms with Gasteiger partial charge in [-0.15, -0.1) is 0 Å². The first-order chi connectivity index (χ1) is 9.00. The first-order valence-corrected chi connectivity index (χ1v) is 5.58. The maximum atomic E-state index is 13.1. The Kier molecular flexibility index (Phi) is 3.46. The fourth-order valence-electron chi connectivity index (χ4n) is 1.68. The van der Waals surface area contributed by atoms with Crippen molar-refractivity contribution in [2.24, 2.45) is 0 Å². The van der Waals surface area contributed by atoms with Crippen LogP contribution in [0.5, 0.6) is 0 Å². The molecule has 3 nitrogen and oxygen atoms in total. The number of anilines is 2. The third-order valence-electron chi connectivity index (χ3n) is 2.79. The Morgan fingerprint density at radius 1 is 1.11 bits per heavy atom. The molecule has 1 amide bonds. The number of nitrogen functional groups attached to an aromatic ring is 1. The van der Waals surface area contributed by atoms with Crippen molar-refractivity contribution in [1.82, 2.24) is 0 Å². The van der Waals surface area contributed by atoms with E-state index in [9.17, 15) is 13.6 Å². The molecule has 0 spiro atoms. The molecule has 2 rings (SSSR count). The monoisotopic (exact) mass is 262 g/mol. The summed E-state index contributed by atoms with van der Waals surface area (Å²) in [5.74, 6) is -2.34. The molecule has 0 saturated carbocycles. The molecule has 0 aliphatic rings. The van der Waals surface area contributed by atoms with E-state index in [0.717, 1.165) is 12.1 Å². The molecule has 0 fully saturated rings.